The van der Waals surface area contributed by atoms with Crippen molar-refractivity contribution in [1.29, 1.82) is 0 Å². The van der Waals surface area contributed by atoms with Gasteiger partial charge in [-0.2, -0.15) is 0 Å². The number of carbonyl (C=O) groups excluding carboxylic acids is 2. The van der Waals surface area contributed by atoms with Crippen LogP contribution in [0, 0.1) is 0 Å². The zero-order valence-electron chi connectivity index (χ0n) is 15.5. The lowest BCUT2D eigenvalue weighted by Gasteiger charge is -2.33. The first-order valence-corrected chi connectivity index (χ1v) is 9.30. The van der Waals surface area contributed by atoms with E-state index in [0.717, 1.165) is 5.56 Å². The topological polar surface area (TPSA) is 68.3 Å². The number of amides is 1. The van der Waals surface area contributed by atoms with Crippen molar-refractivity contribution in [2.45, 2.75) is 6.61 Å². The molecule has 2 heterocycles. The van der Waals surface area contributed by atoms with Crippen LogP contribution in [-0.2, 0) is 11.3 Å². The van der Waals surface area contributed by atoms with E-state index in [-0.39, 0.29) is 25.3 Å². The molecule has 2 aliphatic heterocycles. The minimum absolute atomic E-state index is 0.0263. The van der Waals surface area contributed by atoms with E-state index >= 15 is 0 Å². The molecule has 7 heteroatoms. The van der Waals surface area contributed by atoms with Gasteiger partial charge >= 0.3 is 6.09 Å². The normalized spacial score (nSPS) is 16.1. The van der Waals surface area contributed by atoms with E-state index in [4.69, 9.17) is 14.2 Å². The fraction of sp³-hybridized carbons (Fsp3) is 0.333. The van der Waals surface area contributed by atoms with Crippen LogP contribution in [0.25, 0.3) is 0 Å². The Bertz CT molecular complexity index is 847. The number of rotatable bonds is 5. The molecule has 2 aromatic rings. The van der Waals surface area contributed by atoms with Gasteiger partial charge in [0.25, 0.3) is 0 Å². The lowest BCUT2D eigenvalue weighted by Crippen LogP contribution is -2.50. The first kappa shape index (κ1) is 18.3. The van der Waals surface area contributed by atoms with Gasteiger partial charge < -0.3 is 19.1 Å². The number of piperazine rings is 1. The molecular weight excluding hydrogens is 360 g/mol. The van der Waals surface area contributed by atoms with Gasteiger partial charge in [0.2, 0.25) is 6.79 Å². The van der Waals surface area contributed by atoms with Gasteiger partial charge in [-0.25, -0.2) is 4.79 Å². The Kier molecular flexibility index (Phi) is 5.43. The second kappa shape index (κ2) is 8.31. The molecule has 1 amide bonds. The molecule has 0 N–H and O–H groups in total. The van der Waals surface area contributed by atoms with Crippen molar-refractivity contribution < 1.29 is 23.8 Å². The highest BCUT2D eigenvalue weighted by Crippen LogP contribution is 2.32. The molecule has 4 rings (SSSR count). The van der Waals surface area contributed by atoms with Gasteiger partial charge in [-0.1, -0.05) is 30.3 Å². The highest BCUT2D eigenvalue weighted by molar-refractivity contribution is 5.98. The SMILES string of the molecule is O=C(CN1CCN(C(=O)OCc2ccccc2)CC1)c1ccc2c(c1)OCO2. The van der Waals surface area contributed by atoms with E-state index < -0.39 is 0 Å². The Balaban J connectivity index is 1.23. The van der Waals surface area contributed by atoms with Gasteiger partial charge in [-0.3, -0.25) is 9.69 Å². The van der Waals surface area contributed by atoms with E-state index in [1.807, 2.05) is 35.2 Å². The maximum Gasteiger partial charge on any atom is 0.410 e. The second-order valence-electron chi connectivity index (χ2n) is 6.79. The van der Waals surface area contributed by atoms with Crippen molar-refractivity contribution in [3.05, 3.63) is 59.7 Å². The number of hydrogen-bond acceptors (Lipinski definition) is 6. The zero-order valence-corrected chi connectivity index (χ0v) is 15.5. The van der Waals surface area contributed by atoms with Crippen LogP contribution in [0.15, 0.2) is 48.5 Å². The van der Waals surface area contributed by atoms with E-state index in [2.05, 4.69) is 0 Å². The number of Topliss-reactive ketones (excluding diaryl/α,β-unsaturated/α-hetero) is 1. The van der Waals surface area contributed by atoms with Crippen molar-refractivity contribution in [2.75, 3.05) is 39.5 Å². The molecule has 0 atom stereocenters. The molecule has 1 saturated heterocycles. The van der Waals surface area contributed by atoms with Crippen molar-refractivity contribution in [3.63, 3.8) is 0 Å². The van der Waals surface area contributed by atoms with Crippen LogP contribution in [0.4, 0.5) is 4.79 Å². The zero-order chi connectivity index (χ0) is 19.3. The highest BCUT2D eigenvalue weighted by Gasteiger charge is 2.24. The first-order valence-electron chi connectivity index (χ1n) is 9.30. The summed E-state index contributed by atoms with van der Waals surface area (Å²) in [6.45, 7) is 3.13. The van der Waals surface area contributed by atoms with Gasteiger partial charge in [-0.05, 0) is 23.8 Å². The molecule has 2 aliphatic rings. The van der Waals surface area contributed by atoms with Crippen LogP contribution in [0.2, 0.25) is 0 Å². The van der Waals surface area contributed by atoms with Gasteiger partial charge in [0, 0.05) is 31.7 Å². The summed E-state index contributed by atoms with van der Waals surface area (Å²) < 4.78 is 16.0. The molecule has 0 aromatic heterocycles. The van der Waals surface area contributed by atoms with Crippen molar-refractivity contribution in [2.24, 2.45) is 0 Å². The monoisotopic (exact) mass is 382 g/mol. The minimum atomic E-state index is -0.314. The summed E-state index contributed by atoms with van der Waals surface area (Å²) in [6.07, 6.45) is -0.314. The number of ether oxygens (including phenoxy) is 3. The number of ketones is 1. The van der Waals surface area contributed by atoms with Crippen molar-refractivity contribution in [1.82, 2.24) is 9.80 Å². The number of carbonyl (C=O) groups is 2. The van der Waals surface area contributed by atoms with Crippen LogP contribution >= 0.6 is 0 Å². The fourth-order valence-electron chi connectivity index (χ4n) is 3.26. The third kappa shape index (κ3) is 4.26. The highest BCUT2D eigenvalue weighted by atomic mass is 16.7. The molecule has 0 spiro atoms. The Morgan fingerprint density at radius 1 is 0.929 bits per heavy atom. The van der Waals surface area contributed by atoms with Gasteiger partial charge in [-0.15, -0.1) is 0 Å². The van der Waals surface area contributed by atoms with Crippen LogP contribution in [0.5, 0.6) is 11.5 Å². The summed E-state index contributed by atoms with van der Waals surface area (Å²) >= 11 is 0. The summed E-state index contributed by atoms with van der Waals surface area (Å²) in [5.41, 5.74) is 1.57. The number of benzene rings is 2. The van der Waals surface area contributed by atoms with E-state index in [1.54, 1.807) is 23.1 Å². The Morgan fingerprint density at radius 3 is 2.46 bits per heavy atom. The summed E-state index contributed by atoms with van der Waals surface area (Å²) in [7, 11) is 0. The predicted molar refractivity (Wildman–Crippen MR) is 102 cm³/mol. The third-order valence-corrected chi connectivity index (χ3v) is 4.90. The Labute approximate surface area is 163 Å². The van der Waals surface area contributed by atoms with Crippen LogP contribution in [-0.4, -0.2) is 61.2 Å². The lowest BCUT2D eigenvalue weighted by molar-refractivity contribution is 0.0678. The summed E-state index contributed by atoms with van der Waals surface area (Å²) in [5.74, 6) is 1.30. The smallest absolute Gasteiger partial charge is 0.410 e. The molecule has 146 valence electrons. The molecular formula is C21H22N2O5. The molecule has 1 fully saturated rings. The number of nitrogens with zero attached hydrogens (tertiary/aromatic N) is 2. The van der Waals surface area contributed by atoms with Crippen molar-refractivity contribution in [3.8, 4) is 11.5 Å². The van der Waals surface area contributed by atoms with Gasteiger partial charge in [0.1, 0.15) is 6.61 Å². The average molecular weight is 382 g/mol. The summed E-state index contributed by atoms with van der Waals surface area (Å²) in [6, 6.07) is 14.8. The molecule has 0 unspecified atom stereocenters. The van der Waals surface area contributed by atoms with Crippen LogP contribution in [0.3, 0.4) is 0 Å². The lowest BCUT2D eigenvalue weighted by atomic mass is 10.1. The molecule has 0 aliphatic carbocycles. The molecule has 0 radical (unpaired) electrons. The molecule has 0 saturated carbocycles. The minimum Gasteiger partial charge on any atom is -0.454 e. The van der Waals surface area contributed by atoms with Crippen molar-refractivity contribution >= 4 is 11.9 Å². The maximum absolute atomic E-state index is 12.5. The van der Waals surface area contributed by atoms with Crippen LogP contribution < -0.4 is 9.47 Å². The number of fused-ring (bicyclic) bond motifs is 1. The largest absolute Gasteiger partial charge is 0.454 e. The average Bonchev–Trinajstić information content (AvgIpc) is 3.21. The third-order valence-electron chi connectivity index (χ3n) is 4.90. The van der Waals surface area contributed by atoms with E-state index in [1.165, 1.54) is 0 Å². The molecule has 0 bridgehead atoms. The number of hydrogen-bond donors (Lipinski definition) is 0. The quantitative estimate of drug-likeness (QED) is 0.741. The summed E-state index contributed by atoms with van der Waals surface area (Å²) in [4.78, 5) is 28.5. The predicted octanol–water partition coefficient (Wildman–Crippen LogP) is 2.55. The van der Waals surface area contributed by atoms with E-state index in [9.17, 15) is 9.59 Å². The standard InChI is InChI=1S/C21H22N2O5/c24-18(17-6-7-19-20(12-17)28-15-27-19)13-22-8-10-23(11-9-22)21(25)26-14-16-4-2-1-3-5-16/h1-7,12H,8-11,13-15H2. The molecule has 7 nitrogen and oxygen atoms in total. The molecule has 2 aromatic carbocycles. The second-order valence-corrected chi connectivity index (χ2v) is 6.79. The van der Waals surface area contributed by atoms with Gasteiger partial charge in [0.15, 0.2) is 17.3 Å². The Morgan fingerprint density at radius 2 is 1.68 bits per heavy atom. The Hall–Kier alpha value is -3.06. The van der Waals surface area contributed by atoms with Gasteiger partial charge in [0.05, 0.1) is 6.54 Å². The fourth-order valence-corrected chi connectivity index (χ4v) is 3.26. The van der Waals surface area contributed by atoms with E-state index in [0.29, 0.717) is 49.8 Å². The maximum atomic E-state index is 12.5. The van der Waals surface area contributed by atoms with Crippen LogP contribution in [0.1, 0.15) is 15.9 Å². The molecule has 28 heavy (non-hydrogen) atoms. The summed E-state index contributed by atoms with van der Waals surface area (Å²) in [5, 5.41) is 0. The first-order chi connectivity index (χ1) is 13.7.